The summed E-state index contributed by atoms with van der Waals surface area (Å²) in [7, 11) is 0. The van der Waals surface area contributed by atoms with Gasteiger partial charge in [-0.05, 0) is 57.2 Å². The smallest absolute Gasteiger partial charge is 0.349 e. The number of fused-ring (bicyclic) bond motifs is 2. The van der Waals surface area contributed by atoms with Gasteiger partial charge >= 0.3 is 11.7 Å². The molecule has 2 aliphatic heterocycles. The molecule has 9 heteroatoms. The highest BCUT2D eigenvalue weighted by atomic mass is 16.5. The quantitative estimate of drug-likeness (QED) is 0.283. The van der Waals surface area contributed by atoms with Crippen molar-refractivity contribution in [1.82, 2.24) is 19.5 Å². The van der Waals surface area contributed by atoms with Crippen LogP contribution >= 0.6 is 0 Å². The summed E-state index contributed by atoms with van der Waals surface area (Å²) in [6, 6.07) is 4.52. The SMILES string of the molecule is CCOC(=O)CCCCCCn1c2nc(=O)[nH]c(=O)c-2nc2cc(C)c(NC3CC3)cc21. The maximum absolute atomic E-state index is 12.4. The standard InChI is InChI=1S/C23H29N5O4/c1-3-32-19(29)8-6-4-5-7-11-28-18-13-16(24-15-9-10-15)14(2)12-17(18)25-20-21(28)26-23(31)27-22(20)30/h12-13,15,24H,3-11H2,1-2H3,(H,27,30,31). The lowest BCUT2D eigenvalue weighted by atomic mass is 10.1. The third-order valence-electron chi connectivity index (χ3n) is 5.71. The van der Waals surface area contributed by atoms with Crippen LogP contribution in [-0.2, 0) is 16.1 Å². The highest BCUT2D eigenvalue weighted by Gasteiger charge is 2.23. The second-order valence-corrected chi connectivity index (χ2v) is 8.35. The van der Waals surface area contributed by atoms with E-state index in [1.807, 2.05) is 23.6 Å². The number of aromatic amines is 1. The highest BCUT2D eigenvalue weighted by molar-refractivity contribution is 5.84. The molecule has 0 bridgehead atoms. The fraction of sp³-hybridized carbons (Fsp3) is 0.522. The van der Waals surface area contributed by atoms with Gasteiger partial charge in [0, 0.05) is 24.7 Å². The summed E-state index contributed by atoms with van der Waals surface area (Å²) >= 11 is 0. The Hall–Kier alpha value is -3.23. The fourth-order valence-electron chi connectivity index (χ4n) is 3.90. The number of aromatic nitrogens is 4. The van der Waals surface area contributed by atoms with Gasteiger partial charge in [-0.25, -0.2) is 9.78 Å². The molecule has 2 heterocycles. The zero-order chi connectivity index (χ0) is 22.7. The van der Waals surface area contributed by atoms with Crippen molar-refractivity contribution >= 4 is 22.7 Å². The molecule has 170 valence electrons. The zero-order valence-electron chi connectivity index (χ0n) is 18.6. The number of hydrogen-bond acceptors (Lipinski definition) is 7. The number of anilines is 1. The van der Waals surface area contributed by atoms with Crippen LogP contribution in [0.15, 0.2) is 21.7 Å². The monoisotopic (exact) mass is 439 g/mol. The number of benzene rings is 1. The van der Waals surface area contributed by atoms with E-state index in [4.69, 9.17) is 4.74 Å². The first-order chi connectivity index (χ1) is 15.5. The van der Waals surface area contributed by atoms with Gasteiger partial charge in [0.15, 0.2) is 11.5 Å². The maximum Gasteiger partial charge on any atom is 0.349 e. The van der Waals surface area contributed by atoms with Crippen LogP contribution in [0.25, 0.3) is 22.6 Å². The van der Waals surface area contributed by atoms with Crippen LogP contribution in [0.2, 0.25) is 0 Å². The Labute approximate surface area is 185 Å². The summed E-state index contributed by atoms with van der Waals surface area (Å²) in [6.07, 6.45) is 6.15. The van der Waals surface area contributed by atoms with Gasteiger partial charge in [0.1, 0.15) is 0 Å². The van der Waals surface area contributed by atoms with Gasteiger partial charge in [-0.3, -0.25) is 14.6 Å². The molecule has 32 heavy (non-hydrogen) atoms. The topological polar surface area (TPSA) is 119 Å². The number of nitrogens with one attached hydrogen (secondary N) is 2. The molecule has 0 amide bonds. The van der Waals surface area contributed by atoms with Crippen molar-refractivity contribution in [3.05, 3.63) is 38.5 Å². The summed E-state index contributed by atoms with van der Waals surface area (Å²) < 4.78 is 6.89. The summed E-state index contributed by atoms with van der Waals surface area (Å²) in [5.41, 5.74) is 2.61. The number of unbranched alkanes of at least 4 members (excludes halogenated alkanes) is 3. The van der Waals surface area contributed by atoms with E-state index in [1.54, 1.807) is 6.92 Å². The second kappa shape index (κ2) is 9.50. The van der Waals surface area contributed by atoms with Gasteiger partial charge in [-0.2, -0.15) is 4.98 Å². The number of H-pyrrole nitrogens is 1. The van der Waals surface area contributed by atoms with Gasteiger partial charge in [0.05, 0.1) is 17.6 Å². The van der Waals surface area contributed by atoms with Crippen molar-refractivity contribution in [3.8, 4) is 11.5 Å². The number of aryl methyl sites for hydroxylation is 2. The molecule has 1 fully saturated rings. The largest absolute Gasteiger partial charge is 0.466 e. The number of esters is 1. The molecule has 1 aromatic rings. The van der Waals surface area contributed by atoms with Gasteiger partial charge < -0.3 is 14.6 Å². The molecule has 9 nitrogen and oxygen atoms in total. The molecule has 0 spiro atoms. The van der Waals surface area contributed by atoms with Gasteiger partial charge in [0.25, 0.3) is 5.56 Å². The lowest BCUT2D eigenvalue weighted by Crippen LogP contribution is -2.29. The number of hydrogen-bond donors (Lipinski definition) is 2. The molecule has 4 rings (SSSR count). The minimum Gasteiger partial charge on any atom is -0.466 e. The molecule has 1 aliphatic carbocycles. The zero-order valence-corrected chi connectivity index (χ0v) is 18.6. The van der Waals surface area contributed by atoms with E-state index in [0.29, 0.717) is 37.0 Å². The van der Waals surface area contributed by atoms with Crippen LogP contribution in [0.4, 0.5) is 5.69 Å². The van der Waals surface area contributed by atoms with E-state index >= 15 is 0 Å². The van der Waals surface area contributed by atoms with E-state index in [9.17, 15) is 14.4 Å². The third kappa shape index (κ3) is 4.98. The average molecular weight is 440 g/mol. The summed E-state index contributed by atoms with van der Waals surface area (Å²) in [5.74, 6) is 0.143. The Bertz CT molecular complexity index is 1210. The number of ether oxygens (including phenoxy) is 1. The molecule has 3 aliphatic rings. The molecular formula is C23H29N5O4. The normalized spacial score (nSPS) is 13.6. The van der Waals surface area contributed by atoms with Crippen LogP contribution in [0.5, 0.6) is 0 Å². The minimum atomic E-state index is -0.671. The number of carbonyl (C=O) groups is 1. The average Bonchev–Trinajstić information content (AvgIpc) is 3.56. The molecule has 0 atom stereocenters. The minimum absolute atomic E-state index is 0.162. The van der Waals surface area contributed by atoms with Crippen molar-refractivity contribution in [1.29, 1.82) is 0 Å². The first-order valence-electron chi connectivity index (χ1n) is 11.3. The molecule has 1 saturated carbocycles. The van der Waals surface area contributed by atoms with E-state index < -0.39 is 11.2 Å². The molecule has 2 N–H and O–H groups in total. The summed E-state index contributed by atoms with van der Waals surface area (Å²) in [5, 5.41) is 3.54. The number of nitrogens with zero attached hydrogens (tertiary/aromatic N) is 3. The van der Waals surface area contributed by atoms with Crippen molar-refractivity contribution in [3.63, 3.8) is 0 Å². The molecule has 0 saturated heterocycles. The molecular weight excluding hydrogens is 410 g/mol. The lowest BCUT2D eigenvalue weighted by molar-refractivity contribution is -0.143. The molecule has 0 unspecified atom stereocenters. The van der Waals surface area contributed by atoms with Crippen LogP contribution in [0, 0.1) is 6.92 Å². The predicted octanol–water partition coefficient (Wildman–Crippen LogP) is 2.98. The van der Waals surface area contributed by atoms with Gasteiger partial charge in [0.2, 0.25) is 0 Å². The third-order valence-corrected chi connectivity index (χ3v) is 5.71. The van der Waals surface area contributed by atoms with Crippen LogP contribution in [-0.4, -0.2) is 38.1 Å². The molecule has 0 radical (unpaired) electrons. The van der Waals surface area contributed by atoms with Crippen LogP contribution in [0.3, 0.4) is 0 Å². The van der Waals surface area contributed by atoms with E-state index in [2.05, 4.69) is 20.3 Å². The summed E-state index contributed by atoms with van der Waals surface area (Å²) in [6.45, 7) is 4.82. The van der Waals surface area contributed by atoms with Gasteiger partial charge in [-0.15, -0.1) is 0 Å². The van der Waals surface area contributed by atoms with Crippen molar-refractivity contribution in [2.45, 2.75) is 71.4 Å². The Morgan fingerprint density at radius 1 is 1.19 bits per heavy atom. The maximum atomic E-state index is 12.4. The van der Waals surface area contributed by atoms with Crippen molar-refractivity contribution in [2.24, 2.45) is 0 Å². The predicted molar refractivity (Wildman–Crippen MR) is 122 cm³/mol. The Kier molecular flexibility index (Phi) is 6.53. The van der Waals surface area contributed by atoms with Crippen LogP contribution in [0.1, 0.15) is 57.4 Å². The Morgan fingerprint density at radius 3 is 2.72 bits per heavy atom. The Balaban J connectivity index is 1.60. The van der Waals surface area contributed by atoms with E-state index in [-0.39, 0.29) is 11.7 Å². The Morgan fingerprint density at radius 2 is 1.97 bits per heavy atom. The number of carbonyl (C=O) groups excluding carboxylic acids is 1. The van der Waals surface area contributed by atoms with Crippen molar-refractivity contribution in [2.75, 3.05) is 11.9 Å². The lowest BCUT2D eigenvalue weighted by Gasteiger charge is -2.19. The first kappa shape index (κ1) is 22.0. The first-order valence-corrected chi connectivity index (χ1v) is 11.3. The molecule has 1 aromatic carbocycles. The highest BCUT2D eigenvalue weighted by Crippen LogP contribution is 2.31. The van der Waals surface area contributed by atoms with Crippen molar-refractivity contribution < 1.29 is 9.53 Å². The van der Waals surface area contributed by atoms with E-state index in [0.717, 1.165) is 55.3 Å². The van der Waals surface area contributed by atoms with Gasteiger partial charge in [-0.1, -0.05) is 12.8 Å². The molecule has 0 aromatic heterocycles. The van der Waals surface area contributed by atoms with Crippen LogP contribution < -0.4 is 16.6 Å². The number of rotatable bonds is 10. The van der Waals surface area contributed by atoms with E-state index in [1.165, 1.54) is 0 Å². The second-order valence-electron chi connectivity index (χ2n) is 8.35. The fourth-order valence-corrected chi connectivity index (χ4v) is 3.90. The summed E-state index contributed by atoms with van der Waals surface area (Å²) in [4.78, 5) is 46.6.